The molecule has 0 radical (unpaired) electrons. The highest BCUT2D eigenvalue weighted by Crippen LogP contribution is 2.15. The van der Waals surface area contributed by atoms with Crippen molar-refractivity contribution in [2.24, 2.45) is 0 Å². The van der Waals surface area contributed by atoms with Crippen LogP contribution in [-0.2, 0) is 4.79 Å². The highest BCUT2D eigenvalue weighted by atomic mass is 79.9. The normalized spacial score (nSPS) is 11.0. The molecule has 2 N–H and O–H groups in total. The zero-order valence-electron chi connectivity index (χ0n) is 10.7. The Morgan fingerprint density at radius 2 is 2.22 bits per heavy atom. The largest absolute Gasteiger partial charge is 0.395 e. The lowest BCUT2D eigenvalue weighted by Crippen LogP contribution is -2.39. The van der Waals surface area contributed by atoms with Crippen LogP contribution in [0.2, 0.25) is 0 Å². The lowest BCUT2D eigenvalue weighted by atomic mass is 10.3. The molecule has 4 nitrogen and oxygen atoms in total. The van der Waals surface area contributed by atoms with Gasteiger partial charge in [-0.3, -0.25) is 9.69 Å². The Labute approximate surface area is 116 Å². The minimum absolute atomic E-state index is 0.0579. The van der Waals surface area contributed by atoms with Crippen LogP contribution in [-0.4, -0.2) is 41.7 Å². The van der Waals surface area contributed by atoms with E-state index < -0.39 is 0 Å². The van der Waals surface area contributed by atoms with Crippen molar-refractivity contribution in [3.63, 3.8) is 0 Å². The van der Waals surface area contributed by atoms with Crippen LogP contribution in [0.4, 0.5) is 5.69 Å². The maximum Gasteiger partial charge on any atom is 0.238 e. The van der Waals surface area contributed by atoms with Crippen LogP contribution in [0.25, 0.3) is 0 Å². The van der Waals surface area contributed by atoms with Crippen molar-refractivity contribution in [1.82, 2.24) is 4.90 Å². The summed E-state index contributed by atoms with van der Waals surface area (Å²) in [4.78, 5) is 13.8. The Balaban J connectivity index is 2.55. The number of amides is 1. The molecule has 5 heteroatoms. The monoisotopic (exact) mass is 314 g/mol. The molecule has 0 aliphatic rings. The molecule has 0 saturated heterocycles. The summed E-state index contributed by atoms with van der Waals surface area (Å²) in [5, 5.41) is 11.8. The summed E-state index contributed by atoms with van der Waals surface area (Å²) >= 11 is 3.36. The van der Waals surface area contributed by atoms with Gasteiger partial charge in [-0.15, -0.1) is 0 Å². The lowest BCUT2D eigenvalue weighted by molar-refractivity contribution is -0.117. The van der Waals surface area contributed by atoms with Gasteiger partial charge in [-0.05, 0) is 32.0 Å². The second-order valence-corrected chi connectivity index (χ2v) is 5.26. The van der Waals surface area contributed by atoms with Gasteiger partial charge in [-0.2, -0.15) is 0 Å². The number of halogens is 1. The maximum absolute atomic E-state index is 11.9. The van der Waals surface area contributed by atoms with Crippen LogP contribution in [0.3, 0.4) is 0 Å². The fraction of sp³-hybridized carbons (Fsp3) is 0.462. The number of hydrogen-bond acceptors (Lipinski definition) is 3. The molecule has 0 spiro atoms. The number of hydrogen-bond donors (Lipinski definition) is 2. The molecule has 0 aromatic heterocycles. The Kier molecular flexibility index (Phi) is 6.32. The van der Waals surface area contributed by atoms with E-state index in [1.54, 1.807) is 0 Å². The van der Waals surface area contributed by atoms with Gasteiger partial charge in [0.05, 0.1) is 13.2 Å². The third-order valence-electron chi connectivity index (χ3n) is 2.57. The number of rotatable bonds is 6. The van der Waals surface area contributed by atoms with E-state index in [1.807, 2.05) is 43.0 Å². The zero-order chi connectivity index (χ0) is 13.5. The average Bonchev–Trinajstić information content (AvgIpc) is 2.28. The average molecular weight is 315 g/mol. The van der Waals surface area contributed by atoms with Crippen LogP contribution in [0.1, 0.15) is 13.8 Å². The quantitative estimate of drug-likeness (QED) is 0.845. The van der Waals surface area contributed by atoms with Gasteiger partial charge in [-0.25, -0.2) is 0 Å². The number of nitrogens with zero attached hydrogens (tertiary/aromatic N) is 1. The Hall–Kier alpha value is -0.910. The SMILES string of the molecule is CC(C)N(CCO)CC(=O)Nc1cccc(Br)c1. The Morgan fingerprint density at radius 3 is 2.78 bits per heavy atom. The number of benzene rings is 1. The molecule has 0 unspecified atom stereocenters. The Bertz CT molecular complexity index is 396. The van der Waals surface area contributed by atoms with Crippen molar-refractivity contribution in [2.75, 3.05) is 25.0 Å². The van der Waals surface area contributed by atoms with Gasteiger partial charge in [-0.1, -0.05) is 22.0 Å². The molecule has 0 atom stereocenters. The van der Waals surface area contributed by atoms with Gasteiger partial charge in [0.25, 0.3) is 0 Å². The third-order valence-corrected chi connectivity index (χ3v) is 3.07. The van der Waals surface area contributed by atoms with Crippen molar-refractivity contribution < 1.29 is 9.90 Å². The fourth-order valence-corrected chi connectivity index (χ4v) is 2.00. The highest BCUT2D eigenvalue weighted by molar-refractivity contribution is 9.10. The van der Waals surface area contributed by atoms with Crippen molar-refractivity contribution in [3.8, 4) is 0 Å². The van der Waals surface area contributed by atoms with Crippen molar-refractivity contribution in [3.05, 3.63) is 28.7 Å². The molecule has 0 aliphatic heterocycles. The molecule has 100 valence electrons. The maximum atomic E-state index is 11.9. The molecular formula is C13H19BrN2O2. The van der Waals surface area contributed by atoms with Gasteiger partial charge >= 0.3 is 0 Å². The van der Waals surface area contributed by atoms with Crippen molar-refractivity contribution in [1.29, 1.82) is 0 Å². The summed E-state index contributed by atoms with van der Waals surface area (Å²) < 4.78 is 0.927. The molecule has 1 aromatic rings. The fourth-order valence-electron chi connectivity index (χ4n) is 1.60. The first-order valence-corrected chi connectivity index (χ1v) is 6.72. The first-order chi connectivity index (χ1) is 8.52. The summed E-state index contributed by atoms with van der Waals surface area (Å²) in [6.45, 7) is 4.85. The third kappa shape index (κ3) is 5.16. The number of carbonyl (C=O) groups excluding carboxylic acids is 1. The van der Waals surface area contributed by atoms with Crippen LogP contribution >= 0.6 is 15.9 Å². The van der Waals surface area contributed by atoms with E-state index in [0.29, 0.717) is 6.54 Å². The van der Waals surface area contributed by atoms with Crippen LogP contribution < -0.4 is 5.32 Å². The van der Waals surface area contributed by atoms with Crippen molar-refractivity contribution >= 4 is 27.5 Å². The second kappa shape index (κ2) is 7.51. The minimum atomic E-state index is -0.0738. The molecule has 0 saturated carbocycles. The van der Waals surface area contributed by atoms with E-state index in [4.69, 9.17) is 5.11 Å². The molecule has 1 amide bonds. The molecule has 1 aromatic carbocycles. The molecule has 18 heavy (non-hydrogen) atoms. The van der Waals surface area contributed by atoms with Crippen molar-refractivity contribution in [2.45, 2.75) is 19.9 Å². The van der Waals surface area contributed by atoms with E-state index >= 15 is 0 Å². The molecule has 0 heterocycles. The zero-order valence-corrected chi connectivity index (χ0v) is 12.3. The summed E-state index contributed by atoms with van der Waals surface area (Å²) in [5.41, 5.74) is 0.766. The number of anilines is 1. The number of aliphatic hydroxyl groups excluding tert-OH is 1. The van der Waals surface area contributed by atoms with E-state index in [1.165, 1.54) is 0 Å². The standard InChI is InChI=1S/C13H19BrN2O2/c1-10(2)16(6-7-17)9-13(18)15-12-5-3-4-11(14)8-12/h3-5,8,10,17H,6-7,9H2,1-2H3,(H,15,18). The number of nitrogens with one attached hydrogen (secondary N) is 1. The molecule has 1 rings (SSSR count). The predicted octanol–water partition coefficient (Wildman–Crippen LogP) is 2.09. The lowest BCUT2D eigenvalue weighted by Gasteiger charge is -2.24. The first kappa shape index (κ1) is 15.1. The number of carbonyl (C=O) groups is 1. The minimum Gasteiger partial charge on any atom is -0.395 e. The summed E-state index contributed by atoms with van der Waals surface area (Å²) in [5.74, 6) is -0.0738. The predicted molar refractivity (Wildman–Crippen MR) is 76.6 cm³/mol. The molecule has 0 fully saturated rings. The van der Waals surface area contributed by atoms with E-state index in [9.17, 15) is 4.79 Å². The van der Waals surface area contributed by atoms with Crippen LogP contribution in [0.15, 0.2) is 28.7 Å². The van der Waals surface area contributed by atoms with E-state index in [-0.39, 0.29) is 25.1 Å². The van der Waals surface area contributed by atoms with Crippen LogP contribution in [0, 0.1) is 0 Å². The smallest absolute Gasteiger partial charge is 0.238 e. The molecule has 0 bridgehead atoms. The van der Waals surface area contributed by atoms with Gasteiger partial charge in [0, 0.05) is 22.7 Å². The second-order valence-electron chi connectivity index (χ2n) is 4.35. The number of aliphatic hydroxyl groups is 1. The first-order valence-electron chi connectivity index (χ1n) is 5.93. The van der Waals surface area contributed by atoms with E-state index in [2.05, 4.69) is 21.2 Å². The van der Waals surface area contributed by atoms with Gasteiger partial charge in [0.1, 0.15) is 0 Å². The Morgan fingerprint density at radius 1 is 1.50 bits per heavy atom. The van der Waals surface area contributed by atoms with Crippen LogP contribution in [0.5, 0.6) is 0 Å². The molecular weight excluding hydrogens is 296 g/mol. The van der Waals surface area contributed by atoms with E-state index in [0.717, 1.165) is 10.2 Å². The van der Waals surface area contributed by atoms with Gasteiger partial charge < -0.3 is 10.4 Å². The summed E-state index contributed by atoms with van der Waals surface area (Å²) in [6, 6.07) is 7.69. The van der Waals surface area contributed by atoms with Gasteiger partial charge in [0.15, 0.2) is 0 Å². The summed E-state index contributed by atoms with van der Waals surface area (Å²) in [7, 11) is 0. The highest BCUT2D eigenvalue weighted by Gasteiger charge is 2.13. The summed E-state index contributed by atoms with van der Waals surface area (Å²) in [6.07, 6.45) is 0. The molecule has 0 aliphatic carbocycles. The van der Waals surface area contributed by atoms with Gasteiger partial charge in [0.2, 0.25) is 5.91 Å². The topological polar surface area (TPSA) is 52.6 Å².